The van der Waals surface area contributed by atoms with Crippen LogP contribution in [0.2, 0.25) is 0 Å². The van der Waals surface area contributed by atoms with E-state index in [1.54, 1.807) is 13.2 Å². The number of aliphatic hydroxyl groups excluding tert-OH is 1. The second-order valence-electron chi connectivity index (χ2n) is 4.39. The van der Waals surface area contributed by atoms with E-state index in [0.717, 1.165) is 19.6 Å². The zero-order valence-electron chi connectivity index (χ0n) is 10.5. The lowest BCUT2D eigenvalue weighted by Gasteiger charge is -2.20. The van der Waals surface area contributed by atoms with E-state index in [-0.39, 0.29) is 12.5 Å². The molecule has 2 atom stereocenters. The van der Waals surface area contributed by atoms with Gasteiger partial charge in [0, 0.05) is 38.3 Å². The first-order chi connectivity index (χ1) is 8.83. The van der Waals surface area contributed by atoms with Crippen molar-refractivity contribution in [1.82, 2.24) is 9.97 Å². The Morgan fingerprint density at radius 2 is 2.50 bits per heavy atom. The summed E-state index contributed by atoms with van der Waals surface area (Å²) >= 11 is 0. The van der Waals surface area contributed by atoms with Crippen LogP contribution in [-0.2, 0) is 4.74 Å². The molecule has 1 aromatic heterocycles. The molecule has 100 valence electrons. The molecule has 0 aliphatic carbocycles. The van der Waals surface area contributed by atoms with Gasteiger partial charge in [-0.1, -0.05) is 0 Å². The normalized spacial score (nSPS) is 20.7. The number of methoxy groups -OCH3 is 1. The Kier molecular flexibility index (Phi) is 4.72. The molecule has 1 aromatic rings. The Morgan fingerprint density at radius 1 is 1.61 bits per heavy atom. The highest BCUT2D eigenvalue weighted by Gasteiger charge is 2.25. The van der Waals surface area contributed by atoms with Gasteiger partial charge in [-0.2, -0.15) is 0 Å². The fourth-order valence-corrected chi connectivity index (χ4v) is 2.09. The van der Waals surface area contributed by atoms with Crippen molar-refractivity contribution in [2.45, 2.75) is 6.42 Å². The molecular weight excluding hydrogens is 234 g/mol. The highest BCUT2D eigenvalue weighted by Crippen LogP contribution is 2.22. The number of nitrogens with one attached hydrogen (secondary N) is 1. The monoisotopic (exact) mass is 253 g/mol. The molecule has 2 N–H and O–H groups in total. The molecule has 0 bridgehead atoms. The van der Waals surface area contributed by atoms with E-state index in [4.69, 9.17) is 9.47 Å². The zero-order valence-corrected chi connectivity index (χ0v) is 10.5. The first-order valence-corrected chi connectivity index (χ1v) is 6.12. The smallest absolute Gasteiger partial charge is 0.218 e. The van der Waals surface area contributed by atoms with Crippen LogP contribution in [0, 0.1) is 11.8 Å². The van der Waals surface area contributed by atoms with Crippen LogP contribution < -0.4 is 10.1 Å². The van der Waals surface area contributed by atoms with Crippen molar-refractivity contribution in [3.05, 3.63) is 12.4 Å². The number of anilines is 1. The lowest BCUT2D eigenvalue weighted by atomic mass is 9.92. The lowest BCUT2D eigenvalue weighted by Crippen LogP contribution is -2.26. The van der Waals surface area contributed by atoms with E-state index >= 15 is 0 Å². The predicted molar refractivity (Wildman–Crippen MR) is 66.6 cm³/mol. The first-order valence-electron chi connectivity index (χ1n) is 6.12. The molecule has 6 nitrogen and oxygen atoms in total. The minimum atomic E-state index is 0.156. The maximum absolute atomic E-state index is 9.41. The molecule has 6 heteroatoms. The molecule has 1 aliphatic rings. The summed E-state index contributed by atoms with van der Waals surface area (Å²) < 4.78 is 10.4. The van der Waals surface area contributed by atoms with Crippen molar-refractivity contribution in [2.24, 2.45) is 11.8 Å². The minimum Gasteiger partial charge on any atom is -0.481 e. The second-order valence-corrected chi connectivity index (χ2v) is 4.39. The summed E-state index contributed by atoms with van der Waals surface area (Å²) in [5, 5.41) is 12.6. The fourth-order valence-electron chi connectivity index (χ4n) is 2.09. The van der Waals surface area contributed by atoms with E-state index in [1.807, 2.05) is 0 Å². The lowest BCUT2D eigenvalue weighted by molar-refractivity contribution is 0.145. The van der Waals surface area contributed by atoms with Crippen molar-refractivity contribution < 1.29 is 14.6 Å². The van der Waals surface area contributed by atoms with Gasteiger partial charge in [0.2, 0.25) is 5.88 Å². The average Bonchev–Trinajstić information content (AvgIpc) is 2.94. The fraction of sp³-hybridized carbons (Fsp3) is 0.667. The molecule has 1 aliphatic heterocycles. The van der Waals surface area contributed by atoms with Gasteiger partial charge in [0.1, 0.15) is 12.1 Å². The number of hydrogen-bond donors (Lipinski definition) is 2. The summed E-state index contributed by atoms with van der Waals surface area (Å²) in [5.74, 6) is 1.84. The van der Waals surface area contributed by atoms with Crippen molar-refractivity contribution in [1.29, 1.82) is 0 Å². The number of hydrogen-bond acceptors (Lipinski definition) is 6. The summed E-state index contributed by atoms with van der Waals surface area (Å²) in [7, 11) is 1.57. The molecule has 1 fully saturated rings. The maximum Gasteiger partial charge on any atom is 0.218 e. The SMILES string of the molecule is COc1cc(NCC(CO)C2CCOC2)ncn1. The summed E-state index contributed by atoms with van der Waals surface area (Å²) in [6.45, 7) is 2.36. The van der Waals surface area contributed by atoms with Gasteiger partial charge in [-0.3, -0.25) is 0 Å². The molecule has 1 saturated heterocycles. The van der Waals surface area contributed by atoms with Gasteiger partial charge in [0.25, 0.3) is 0 Å². The topological polar surface area (TPSA) is 76.5 Å². The quantitative estimate of drug-likeness (QED) is 0.770. The van der Waals surface area contributed by atoms with Gasteiger partial charge in [-0.05, 0) is 12.3 Å². The Balaban J connectivity index is 1.88. The third-order valence-corrected chi connectivity index (χ3v) is 3.26. The minimum absolute atomic E-state index is 0.156. The molecule has 0 radical (unpaired) electrons. The Morgan fingerprint density at radius 3 is 3.17 bits per heavy atom. The first kappa shape index (κ1) is 13.0. The summed E-state index contributed by atoms with van der Waals surface area (Å²) in [5.41, 5.74) is 0. The number of ether oxygens (including phenoxy) is 2. The van der Waals surface area contributed by atoms with Gasteiger partial charge in [-0.25, -0.2) is 9.97 Å². The van der Waals surface area contributed by atoms with Crippen LogP contribution in [0.25, 0.3) is 0 Å². The zero-order chi connectivity index (χ0) is 12.8. The second kappa shape index (κ2) is 6.51. The number of aliphatic hydroxyl groups is 1. The van der Waals surface area contributed by atoms with E-state index in [1.165, 1.54) is 6.33 Å². The third-order valence-electron chi connectivity index (χ3n) is 3.26. The molecule has 0 aromatic carbocycles. The molecule has 18 heavy (non-hydrogen) atoms. The van der Waals surface area contributed by atoms with E-state index in [2.05, 4.69) is 15.3 Å². The van der Waals surface area contributed by atoms with Crippen LogP contribution >= 0.6 is 0 Å². The molecule has 2 heterocycles. The van der Waals surface area contributed by atoms with Gasteiger partial charge in [-0.15, -0.1) is 0 Å². The highest BCUT2D eigenvalue weighted by atomic mass is 16.5. The molecule has 2 unspecified atom stereocenters. The van der Waals surface area contributed by atoms with Gasteiger partial charge >= 0.3 is 0 Å². The van der Waals surface area contributed by atoms with Gasteiger partial charge in [0.05, 0.1) is 7.11 Å². The van der Waals surface area contributed by atoms with Crippen LogP contribution in [0.1, 0.15) is 6.42 Å². The Labute approximate surface area is 106 Å². The molecular formula is C12H19N3O3. The van der Waals surface area contributed by atoms with Crippen LogP contribution in [0.5, 0.6) is 5.88 Å². The van der Waals surface area contributed by atoms with Crippen molar-refractivity contribution in [3.8, 4) is 5.88 Å². The maximum atomic E-state index is 9.41. The molecule has 0 saturated carbocycles. The van der Waals surface area contributed by atoms with E-state index in [9.17, 15) is 5.11 Å². The number of rotatable bonds is 6. The number of aromatic nitrogens is 2. The van der Waals surface area contributed by atoms with Crippen molar-refractivity contribution in [2.75, 3.05) is 38.8 Å². The average molecular weight is 253 g/mol. The van der Waals surface area contributed by atoms with Gasteiger partial charge in [0.15, 0.2) is 0 Å². The standard InChI is InChI=1S/C12H19N3O3/c1-17-12-4-11(14-8-15-12)13-5-10(6-16)9-2-3-18-7-9/h4,8-10,16H,2-3,5-7H2,1H3,(H,13,14,15). The molecule has 0 amide bonds. The van der Waals surface area contributed by atoms with E-state index in [0.29, 0.717) is 24.2 Å². The van der Waals surface area contributed by atoms with Crippen molar-refractivity contribution in [3.63, 3.8) is 0 Å². The Bertz CT molecular complexity index is 369. The Hall–Kier alpha value is -1.40. The third kappa shape index (κ3) is 3.30. The van der Waals surface area contributed by atoms with Crippen molar-refractivity contribution >= 4 is 5.82 Å². The summed E-state index contributed by atoms with van der Waals surface area (Å²) in [6.07, 6.45) is 2.47. The van der Waals surface area contributed by atoms with Crippen LogP contribution in [0.4, 0.5) is 5.82 Å². The summed E-state index contributed by atoms with van der Waals surface area (Å²) in [4.78, 5) is 8.04. The largest absolute Gasteiger partial charge is 0.481 e. The van der Waals surface area contributed by atoms with Crippen LogP contribution in [0.3, 0.4) is 0 Å². The van der Waals surface area contributed by atoms with Crippen LogP contribution in [0.15, 0.2) is 12.4 Å². The highest BCUT2D eigenvalue weighted by molar-refractivity contribution is 5.36. The molecule has 2 rings (SSSR count). The van der Waals surface area contributed by atoms with E-state index < -0.39 is 0 Å². The number of nitrogens with zero attached hydrogens (tertiary/aromatic N) is 2. The van der Waals surface area contributed by atoms with Crippen LogP contribution in [-0.4, -0.2) is 48.5 Å². The summed E-state index contributed by atoms with van der Waals surface area (Å²) in [6, 6.07) is 1.74. The molecule has 0 spiro atoms. The predicted octanol–water partition coefficient (Wildman–Crippen LogP) is 0.542. The van der Waals surface area contributed by atoms with Gasteiger partial charge < -0.3 is 19.9 Å².